The molecule has 0 aliphatic carbocycles. The van der Waals surface area contributed by atoms with Crippen LogP contribution in [0.1, 0.15) is 46.9 Å². The Balaban J connectivity index is 1.60. The first kappa shape index (κ1) is 19.9. The third kappa shape index (κ3) is 5.57. The first-order valence-corrected chi connectivity index (χ1v) is 9.49. The van der Waals surface area contributed by atoms with Crippen LogP contribution in [-0.2, 0) is 9.47 Å². The van der Waals surface area contributed by atoms with Crippen molar-refractivity contribution in [2.45, 2.75) is 32.3 Å². The van der Waals surface area contributed by atoms with Crippen LogP contribution in [0, 0.1) is 0 Å². The van der Waals surface area contributed by atoms with Crippen molar-refractivity contribution in [3.05, 3.63) is 59.7 Å². The Hall–Kier alpha value is -2.86. The van der Waals surface area contributed by atoms with Gasteiger partial charge in [0.05, 0.1) is 23.8 Å². The lowest BCUT2D eigenvalue weighted by atomic mass is 10.2. The number of esters is 2. The van der Waals surface area contributed by atoms with Crippen LogP contribution < -0.4 is 9.47 Å². The summed E-state index contributed by atoms with van der Waals surface area (Å²) in [5.41, 5.74) is 0.697. The van der Waals surface area contributed by atoms with Gasteiger partial charge in [-0.2, -0.15) is 0 Å². The van der Waals surface area contributed by atoms with Crippen LogP contribution in [0.15, 0.2) is 48.5 Å². The van der Waals surface area contributed by atoms with Gasteiger partial charge in [-0.3, -0.25) is 0 Å². The molecule has 1 heterocycles. The number of carbonyl (C=O) groups is 2. The van der Waals surface area contributed by atoms with Crippen molar-refractivity contribution < 1.29 is 28.5 Å². The second-order valence-corrected chi connectivity index (χ2v) is 6.53. The molecule has 6 nitrogen and oxygen atoms in total. The summed E-state index contributed by atoms with van der Waals surface area (Å²) in [7, 11) is 0. The van der Waals surface area contributed by atoms with Gasteiger partial charge in [-0.05, 0) is 55.7 Å². The largest absolute Gasteiger partial charge is 0.494 e. The summed E-state index contributed by atoms with van der Waals surface area (Å²) in [4.78, 5) is 24.6. The Labute approximate surface area is 164 Å². The van der Waals surface area contributed by atoms with Crippen LogP contribution >= 0.6 is 0 Å². The van der Waals surface area contributed by atoms with E-state index in [1.807, 2.05) is 6.92 Å². The summed E-state index contributed by atoms with van der Waals surface area (Å²) in [6, 6.07) is 13.2. The van der Waals surface area contributed by atoms with Crippen LogP contribution in [-0.4, -0.2) is 37.9 Å². The van der Waals surface area contributed by atoms with E-state index in [0.717, 1.165) is 19.3 Å². The Morgan fingerprint density at radius 3 is 2.46 bits per heavy atom. The third-order valence-electron chi connectivity index (χ3n) is 4.25. The molecule has 1 fully saturated rings. The van der Waals surface area contributed by atoms with E-state index in [1.54, 1.807) is 42.5 Å². The van der Waals surface area contributed by atoms with Gasteiger partial charge in [0.25, 0.3) is 0 Å². The van der Waals surface area contributed by atoms with E-state index < -0.39 is 11.9 Å². The molecule has 1 aliphatic heterocycles. The van der Waals surface area contributed by atoms with Crippen LogP contribution in [0.5, 0.6) is 11.5 Å². The molecule has 6 heteroatoms. The molecule has 0 N–H and O–H groups in total. The van der Waals surface area contributed by atoms with E-state index >= 15 is 0 Å². The molecule has 3 rings (SSSR count). The third-order valence-corrected chi connectivity index (χ3v) is 4.25. The Bertz CT molecular complexity index is 810. The van der Waals surface area contributed by atoms with Crippen molar-refractivity contribution in [2.75, 3.05) is 19.8 Å². The number of carbonyl (C=O) groups excluding carboxylic acids is 2. The van der Waals surface area contributed by atoms with Gasteiger partial charge in [-0.15, -0.1) is 0 Å². The van der Waals surface area contributed by atoms with Crippen molar-refractivity contribution in [1.82, 2.24) is 0 Å². The second kappa shape index (κ2) is 9.90. The Kier molecular flexibility index (Phi) is 7.03. The highest BCUT2D eigenvalue weighted by molar-refractivity contribution is 5.93. The topological polar surface area (TPSA) is 71.1 Å². The molecule has 0 amide bonds. The summed E-state index contributed by atoms with van der Waals surface area (Å²) >= 11 is 0. The maximum absolute atomic E-state index is 12.4. The molecule has 0 aromatic heterocycles. The lowest BCUT2D eigenvalue weighted by Gasteiger charge is -2.11. The molecule has 0 spiro atoms. The molecule has 0 saturated carbocycles. The van der Waals surface area contributed by atoms with Crippen LogP contribution in [0.2, 0.25) is 0 Å². The molecule has 28 heavy (non-hydrogen) atoms. The summed E-state index contributed by atoms with van der Waals surface area (Å²) in [6.07, 6.45) is 2.72. The Morgan fingerprint density at radius 1 is 1.04 bits per heavy atom. The van der Waals surface area contributed by atoms with Crippen molar-refractivity contribution in [1.29, 1.82) is 0 Å². The van der Waals surface area contributed by atoms with Crippen LogP contribution in [0.3, 0.4) is 0 Å². The Morgan fingerprint density at radius 2 is 1.75 bits per heavy atom. The number of rotatable bonds is 8. The summed E-state index contributed by atoms with van der Waals surface area (Å²) in [5, 5.41) is 0. The lowest BCUT2D eigenvalue weighted by Crippen LogP contribution is -2.18. The standard InChI is InChI=1S/C22H24O6/c1-2-11-25-18-8-3-7-17(13-18)22(24)28-19-9-4-6-16(14-19)21(23)27-15-20-10-5-12-26-20/h3-4,6-9,13-14,20H,2,5,10-12,15H2,1H3. The van der Waals surface area contributed by atoms with Gasteiger partial charge < -0.3 is 18.9 Å². The van der Waals surface area contributed by atoms with Gasteiger partial charge in [0.15, 0.2) is 0 Å². The quantitative estimate of drug-likeness (QED) is 0.505. The minimum Gasteiger partial charge on any atom is -0.494 e. The number of hydrogen-bond acceptors (Lipinski definition) is 6. The minimum absolute atomic E-state index is 0.0350. The molecule has 1 aliphatic rings. The maximum Gasteiger partial charge on any atom is 0.343 e. The van der Waals surface area contributed by atoms with Gasteiger partial charge >= 0.3 is 11.9 Å². The lowest BCUT2D eigenvalue weighted by molar-refractivity contribution is 0.0161. The SMILES string of the molecule is CCCOc1cccc(C(=O)Oc2cccc(C(=O)OCC3CCCO3)c2)c1. The predicted octanol–water partition coefficient (Wildman–Crippen LogP) is 4.03. The molecule has 1 atom stereocenters. The van der Waals surface area contributed by atoms with Gasteiger partial charge in [-0.1, -0.05) is 19.1 Å². The number of ether oxygens (including phenoxy) is 4. The van der Waals surface area contributed by atoms with E-state index in [0.29, 0.717) is 30.1 Å². The van der Waals surface area contributed by atoms with Gasteiger partial charge in [0.1, 0.15) is 18.1 Å². The zero-order valence-corrected chi connectivity index (χ0v) is 15.9. The number of benzene rings is 2. The van der Waals surface area contributed by atoms with Gasteiger partial charge in [0, 0.05) is 6.61 Å². The molecule has 2 aromatic carbocycles. The molecular weight excluding hydrogens is 360 g/mol. The van der Waals surface area contributed by atoms with E-state index in [4.69, 9.17) is 18.9 Å². The average molecular weight is 384 g/mol. The first-order chi connectivity index (χ1) is 13.7. The van der Waals surface area contributed by atoms with Crippen molar-refractivity contribution >= 4 is 11.9 Å². The molecule has 2 aromatic rings. The number of hydrogen-bond donors (Lipinski definition) is 0. The van der Waals surface area contributed by atoms with Crippen molar-refractivity contribution in [3.8, 4) is 11.5 Å². The average Bonchev–Trinajstić information content (AvgIpc) is 3.24. The highest BCUT2D eigenvalue weighted by Gasteiger charge is 2.18. The summed E-state index contributed by atoms with van der Waals surface area (Å²) < 4.78 is 21.7. The zero-order valence-electron chi connectivity index (χ0n) is 15.9. The van der Waals surface area contributed by atoms with E-state index in [2.05, 4.69) is 0 Å². The molecule has 1 unspecified atom stereocenters. The summed E-state index contributed by atoms with van der Waals surface area (Å²) in [6.45, 7) is 3.52. The zero-order chi connectivity index (χ0) is 19.8. The second-order valence-electron chi connectivity index (χ2n) is 6.53. The van der Waals surface area contributed by atoms with Gasteiger partial charge in [-0.25, -0.2) is 9.59 Å². The molecule has 148 valence electrons. The molecule has 1 saturated heterocycles. The minimum atomic E-state index is -0.521. The monoisotopic (exact) mass is 384 g/mol. The molecule has 0 bridgehead atoms. The fourth-order valence-corrected chi connectivity index (χ4v) is 2.81. The highest BCUT2D eigenvalue weighted by Crippen LogP contribution is 2.19. The predicted molar refractivity (Wildman–Crippen MR) is 103 cm³/mol. The van der Waals surface area contributed by atoms with Crippen LogP contribution in [0.25, 0.3) is 0 Å². The van der Waals surface area contributed by atoms with E-state index in [1.165, 1.54) is 6.07 Å². The van der Waals surface area contributed by atoms with E-state index in [9.17, 15) is 9.59 Å². The van der Waals surface area contributed by atoms with Crippen LogP contribution in [0.4, 0.5) is 0 Å². The van der Waals surface area contributed by atoms with Crippen molar-refractivity contribution in [3.63, 3.8) is 0 Å². The summed E-state index contributed by atoms with van der Waals surface area (Å²) in [5.74, 6) is -0.102. The fourth-order valence-electron chi connectivity index (χ4n) is 2.81. The van der Waals surface area contributed by atoms with Gasteiger partial charge in [0.2, 0.25) is 0 Å². The van der Waals surface area contributed by atoms with Crippen molar-refractivity contribution in [2.24, 2.45) is 0 Å². The maximum atomic E-state index is 12.4. The van der Waals surface area contributed by atoms with E-state index in [-0.39, 0.29) is 18.5 Å². The molecule has 0 radical (unpaired) electrons. The fraction of sp³-hybridized carbons (Fsp3) is 0.364. The smallest absolute Gasteiger partial charge is 0.343 e. The highest BCUT2D eigenvalue weighted by atomic mass is 16.6. The first-order valence-electron chi connectivity index (χ1n) is 9.49. The molecular formula is C22H24O6. The normalized spacial score (nSPS) is 15.8.